The smallest absolute Gasteiger partial charge is 0.349 e. The first-order valence-electron chi connectivity index (χ1n) is 6.69. The minimum Gasteiger partial charge on any atom is -0.465 e. The van der Waals surface area contributed by atoms with Gasteiger partial charge in [0.15, 0.2) is 5.13 Å². The molecule has 1 saturated heterocycles. The Hall–Kier alpha value is -1.14. The van der Waals surface area contributed by atoms with Crippen LogP contribution in [0.1, 0.15) is 29.4 Å². The van der Waals surface area contributed by atoms with Crippen LogP contribution in [0, 0.1) is 5.92 Å². The SMILES string of the molecule is COC(=O)c1cnc(NCC(C)CN2CCCC2)s1. The number of carbonyl (C=O) groups excluding carboxylic acids is 1. The highest BCUT2D eigenvalue weighted by Gasteiger charge is 2.15. The van der Waals surface area contributed by atoms with Gasteiger partial charge in [-0.3, -0.25) is 0 Å². The van der Waals surface area contributed by atoms with Crippen LogP contribution in [0.3, 0.4) is 0 Å². The average Bonchev–Trinajstić information content (AvgIpc) is 3.06. The van der Waals surface area contributed by atoms with Crippen LogP contribution >= 0.6 is 11.3 Å². The highest BCUT2D eigenvalue weighted by Crippen LogP contribution is 2.19. The normalized spacial score (nSPS) is 17.4. The minimum absolute atomic E-state index is 0.323. The summed E-state index contributed by atoms with van der Waals surface area (Å²) >= 11 is 1.34. The topological polar surface area (TPSA) is 54.5 Å². The van der Waals surface area contributed by atoms with Crippen molar-refractivity contribution in [2.75, 3.05) is 38.6 Å². The van der Waals surface area contributed by atoms with E-state index in [4.69, 9.17) is 0 Å². The minimum atomic E-state index is -0.323. The van der Waals surface area contributed by atoms with Gasteiger partial charge in [0.05, 0.1) is 13.3 Å². The standard InChI is InChI=1S/C13H21N3O2S/c1-10(9-16-5-3-4-6-16)7-14-13-15-8-11(19-13)12(17)18-2/h8,10H,3-7,9H2,1-2H3,(H,14,15). The molecule has 1 aromatic heterocycles. The molecule has 1 aliphatic heterocycles. The van der Waals surface area contributed by atoms with Gasteiger partial charge >= 0.3 is 5.97 Å². The van der Waals surface area contributed by atoms with E-state index in [2.05, 4.69) is 26.9 Å². The lowest BCUT2D eigenvalue weighted by Crippen LogP contribution is -2.28. The van der Waals surface area contributed by atoms with Crippen molar-refractivity contribution in [1.29, 1.82) is 0 Å². The van der Waals surface area contributed by atoms with E-state index in [1.165, 1.54) is 44.4 Å². The number of carbonyl (C=O) groups is 1. The largest absolute Gasteiger partial charge is 0.465 e. The first-order valence-corrected chi connectivity index (χ1v) is 7.51. The Labute approximate surface area is 118 Å². The first kappa shape index (κ1) is 14.3. The Morgan fingerprint density at radius 3 is 3.00 bits per heavy atom. The molecule has 19 heavy (non-hydrogen) atoms. The molecule has 6 heteroatoms. The van der Waals surface area contributed by atoms with Crippen LogP contribution in [0.15, 0.2) is 6.20 Å². The Kier molecular flexibility index (Phi) is 5.15. The molecule has 5 nitrogen and oxygen atoms in total. The van der Waals surface area contributed by atoms with Gasteiger partial charge in [-0.15, -0.1) is 0 Å². The lowest BCUT2D eigenvalue weighted by Gasteiger charge is -2.20. The summed E-state index contributed by atoms with van der Waals surface area (Å²) in [4.78, 5) is 18.5. The molecule has 0 aromatic carbocycles. The van der Waals surface area contributed by atoms with Crippen LogP contribution in [-0.4, -0.2) is 49.1 Å². The monoisotopic (exact) mass is 283 g/mol. The third-order valence-corrected chi connectivity index (χ3v) is 4.20. The molecule has 1 aliphatic rings. The second-order valence-electron chi connectivity index (χ2n) is 5.02. The van der Waals surface area contributed by atoms with E-state index < -0.39 is 0 Å². The van der Waals surface area contributed by atoms with E-state index >= 15 is 0 Å². The van der Waals surface area contributed by atoms with Gasteiger partial charge in [-0.2, -0.15) is 0 Å². The molecule has 2 rings (SSSR count). The summed E-state index contributed by atoms with van der Waals surface area (Å²) in [5.41, 5.74) is 0. The van der Waals surface area contributed by atoms with Gasteiger partial charge in [-0.25, -0.2) is 9.78 Å². The zero-order valence-electron chi connectivity index (χ0n) is 11.5. The molecule has 0 radical (unpaired) electrons. The van der Waals surface area contributed by atoms with Crippen molar-refractivity contribution in [1.82, 2.24) is 9.88 Å². The molecular weight excluding hydrogens is 262 g/mol. The van der Waals surface area contributed by atoms with Gasteiger partial charge in [0.25, 0.3) is 0 Å². The van der Waals surface area contributed by atoms with Gasteiger partial charge < -0.3 is 15.0 Å². The van der Waals surface area contributed by atoms with E-state index in [1.807, 2.05) is 0 Å². The van der Waals surface area contributed by atoms with E-state index in [1.54, 1.807) is 6.20 Å². The van der Waals surface area contributed by atoms with Crippen molar-refractivity contribution in [2.24, 2.45) is 5.92 Å². The van der Waals surface area contributed by atoms with Gasteiger partial charge in [-0.1, -0.05) is 18.3 Å². The van der Waals surface area contributed by atoms with E-state index in [0.717, 1.165) is 18.2 Å². The molecule has 1 fully saturated rings. The Morgan fingerprint density at radius 1 is 1.58 bits per heavy atom. The zero-order valence-corrected chi connectivity index (χ0v) is 12.3. The molecule has 0 amide bonds. The fourth-order valence-electron chi connectivity index (χ4n) is 2.28. The van der Waals surface area contributed by atoms with Crippen molar-refractivity contribution >= 4 is 22.4 Å². The van der Waals surface area contributed by atoms with Gasteiger partial charge in [0.1, 0.15) is 4.88 Å². The molecule has 1 aromatic rings. The van der Waals surface area contributed by atoms with Gasteiger partial charge in [-0.05, 0) is 31.8 Å². The lowest BCUT2D eigenvalue weighted by atomic mass is 10.2. The van der Waals surface area contributed by atoms with Crippen LogP contribution in [0.4, 0.5) is 5.13 Å². The molecular formula is C13H21N3O2S. The van der Waals surface area contributed by atoms with Crippen LogP contribution in [0.5, 0.6) is 0 Å². The number of methoxy groups -OCH3 is 1. The van der Waals surface area contributed by atoms with Crippen LogP contribution in [0.2, 0.25) is 0 Å². The maximum atomic E-state index is 11.3. The number of esters is 1. The van der Waals surface area contributed by atoms with Crippen LogP contribution < -0.4 is 5.32 Å². The number of likely N-dealkylation sites (tertiary alicyclic amines) is 1. The molecule has 1 unspecified atom stereocenters. The Morgan fingerprint density at radius 2 is 2.32 bits per heavy atom. The number of ether oxygens (including phenoxy) is 1. The summed E-state index contributed by atoms with van der Waals surface area (Å²) in [7, 11) is 1.38. The van der Waals surface area contributed by atoms with Crippen molar-refractivity contribution in [3.8, 4) is 0 Å². The van der Waals surface area contributed by atoms with E-state index in [0.29, 0.717) is 10.8 Å². The average molecular weight is 283 g/mol. The summed E-state index contributed by atoms with van der Waals surface area (Å²) in [5, 5.41) is 4.08. The number of anilines is 1. The van der Waals surface area contributed by atoms with Gasteiger partial charge in [0.2, 0.25) is 0 Å². The quantitative estimate of drug-likeness (QED) is 0.810. The predicted molar refractivity (Wildman–Crippen MR) is 76.8 cm³/mol. The van der Waals surface area contributed by atoms with E-state index in [-0.39, 0.29) is 5.97 Å². The highest BCUT2D eigenvalue weighted by molar-refractivity contribution is 7.17. The summed E-state index contributed by atoms with van der Waals surface area (Å²) < 4.78 is 4.66. The molecule has 1 N–H and O–H groups in total. The molecule has 106 valence electrons. The molecule has 1 atom stereocenters. The van der Waals surface area contributed by atoms with Crippen molar-refractivity contribution in [3.63, 3.8) is 0 Å². The lowest BCUT2D eigenvalue weighted by molar-refractivity contribution is 0.0606. The fourth-order valence-corrected chi connectivity index (χ4v) is 3.02. The molecule has 2 heterocycles. The third-order valence-electron chi connectivity index (χ3n) is 3.26. The molecule has 0 spiro atoms. The number of nitrogens with one attached hydrogen (secondary N) is 1. The Balaban J connectivity index is 1.74. The summed E-state index contributed by atoms with van der Waals surface area (Å²) in [6.45, 7) is 6.70. The fraction of sp³-hybridized carbons (Fsp3) is 0.692. The second-order valence-corrected chi connectivity index (χ2v) is 6.05. The number of hydrogen-bond donors (Lipinski definition) is 1. The van der Waals surface area contributed by atoms with E-state index in [9.17, 15) is 4.79 Å². The number of aromatic nitrogens is 1. The third kappa shape index (κ3) is 4.18. The summed E-state index contributed by atoms with van der Waals surface area (Å²) in [6.07, 6.45) is 4.22. The molecule has 0 aliphatic carbocycles. The number of nitrogens with zero attached hydrogens (tertiary/aromatic N) is 2. The molecule has 0 bridgehead atoms. The van der Waals surface area contributed by atoms with Gasteiger partial charge in [0, 0.05) is 13.1 Å². The number of rotatable bonds is 6. The van der Waals surface area contributed by atoms with Crippen LogP contribution in [0.25, 0.3) is 0 Å². The maximum absolute atomic E-state index is 11.3. The van der Waals surface area contributed by atoms with Crippen molar-refractivity contribution < 1.29 is 9.53 Å². The number of thiazole rings is 1. The predicted octanol–water partition coefficient (Wildman–Crippen LogP) is 2.07. The molecule has 0 saturated carbocycles. The summed E-state index contributed by atoms with van der Waals surface area (Å²) in [6, 6.07) is 0. The van der Waals surface area contributed by atoms with Crippen LogP contribution in [-0.2, 0) is 4.74 Å². The zero-order chi connectivity index (χ0) is 13.7. The Bertz CT molecular complexity index is 416. The maximum Gasteiger partial charge on any atom is 0.349 e. The summed E-state index contributed by atoms with van der Waals surface area (Å²) in [5.74, 6) is 0.249. The second kappa shape index (κ2) is 6.86. The van der Waals surface area contributed by atoms with Crippen molar-refractivity contribution in [3.05, 3.63) is 11.1 Å². The highest BCUT2D eigenvalue weighted by atomic mass is 32.1. The number of hydrogen-bond acceptors (Lipinski definition) is 6. The van der Waals surface area contributed by atoms with Crippen molar-refractivity contribution in [2.45, 2.75) is 19.8 Å². The first-order chi connectivity index (χ1) is 9.19.